The molecular formula is C16H14ClN3O2. The third-order valence-electron chi connectivity index (χ3n) is 2.71. The second-order valence-corrected chi connectivity index (χ2v) is 4.67. The van der Waals surface area contributed by atoms with E-state index < -0.39 is 0 Å². The number of rotatable bonds is 6. The molecule has 0 radical (unpaired) electrons. The predicted octanol–water partition coefficient (Wildman–Crippen LogP) is 3.70. The lowest BCUT2D eigenvalue weighted by Gasteiger charge is -2.08. The fraction of sp³-hybridized carbons (Fsp3) is 0.125. The van der Waals surface area contributed by atoms with E-state index in [1.165, 1.54) is 0 Å². The van der Waals surface area contributed by atoms with Crippen LogP contribution in [0.2, 0.25) is 5.02 Å². The highest BCUT2D eigenvalue weighted by molar-refractivity contribution is 6.30. The van der Waals surface area contributed by atoms with Crippen LogP contribution in [-0.4, -0.2) is 19.9 Å². The van der Waals surface area contributed by atoms with Gasteiger partial charge in [-0.1, -0.05) is 17.7 Å². The minimum Gasteiger partial charge on any atom is -0.493 e. The van der Waals surface area contributed by atoms with Gasteiger partial charge in [0.2, 0.25) is 0 Å². The highest BCUT2D eigenvalue weighted by Gasteiger charge is 2.04. The Bertz CT molecular complexity index is 711. The summed E-state index contributed by atoms with van der Waals surface area (Å²) >= 11 is 5.89. The second-order valence-electron chi connectivity index (χ2n) is 4.24. The Morgan fingerprint density at radius 3 is 2.86 bits per heavy atom. The number of hydrogen-bond donors (Lipinski definition) is 1. The van der Waals surface area contributed by atoms with Crippen LogP contribution in [0.15, 0.2) is 47.6 Å². The molecule has 0 unspecified atom stereocenters. The van der Waals surface area contributed by atoms with E-state index in [-0.39, 0.29) is 6.61 Å². The number of hydrogen-bond acceptors (Lipinski definition) is 5. The van der Waals surface area contributed by atoms with E-state index in [1.54, 1.807) is 37.6 Å². The molecule has 2 rings (SSSR count). The summed E-state index contributed by atoms with van der Waals surface area (Å²) in [5, 5.41) is 13.3. The summed E-state index contributed by atoms with van der Waals surface area (Å²) in [4.78, 5) is 0. The summed E-state index contributed by atoms with van der Waals surface area (Å²) in [5.74, 6) is 1.06. The van der Waals surface area contributed by atoms with Crippen molar-refractivity contribution in [1.29, 1.82) is 5.26 Å². The molecule has 6 heteroatoms. The number of nitrogens with one attached hydrogen (secondary N) is 1. The molecule has 0 aliphatic heterocycles. The molecule has 0 atom stereocenters. The molecule has 0 fully saturated rings. The Kier molecular flexibility index (Phi) is 5.64. The summed E-state index contributed by atoms with van der Waals surface area (Å²) in [6, 6.07) is 14.5. The minimum atomic E-state index is -0.0277. The van der Waals surface area contributed by atoms with Crippen molar-refractivity contribution >= 4 is 23.5 Å². The smallest absolute Gasteiger partial charge is 0.174 e. The molecule has 22 heavy (non-hydrogen) atoms. The monoisotopic (exact) mass is 315 g/mol. The lowest BCUT2D eigenvalue weighted by Crippen LogP contribution is -1.98. The summed E-state index contributed by atoms with van der Waals surface area (Å²) in [7, 11) is 1.54. The Labute approximate surface area is 133 Å². The first-order valence-electron chi connectivity index (χ1n) is 6.45. The van der Waals surface area contributed by atoms with Crippen molar-refractivity contribution < 1.29 is 9.47 Å². The van der Waals surface area contributed by atoms with Crippen LogP contribution in [0.4, 0.5) is 5.69 Å². The topological polar surface area (TPSA) is 66.6 Å². The number of nitriles is 1. The van der Waals surface area contributed by atoms with Crippen LogP contribution < -0.4 is 14.9 Å². The molecule has 0 spiro atoms. The highest BCUT2D eigenvalue weighted by Crippen LogP contribution is 2.27. The number of nitrogens with zero attached hydrogens (tertiary/aromatic N) is 2. The van der Waals surface area contributed by atoms with Crippen molar-refractivity contribution in [3.63, 3.8) is 0 Å². The number of benzene rings is 2. The van der Waals surface area contributed by atoms with E-state index in [9.17, 15) is 0 Å². The van der Waals surface area contributed by atoms with Crippen LogP contribution in [0.5, 0.6) is 11.5 Å². The SMILES string of the molecule is COc1cc(/C=N\Nc2cccc(Cl)c2)ccc1OCC#N. The summed E-state index contributed by atoms with van der Waals surface area (Å²) in [6.45, 7) is -0.0277. The van der Waals surface area contributed by atoms with Gasteiger partial charge in [0.25, 0.3) is 0 Å². The molecule has 0 amide bonds. The van der Waals surface area contributed by atoms with E-state index in [1.807, 2.05) is 24.3 Å². The van der Waals surface area contributed by atoms with Gasteiger partial charge in [0, 0.05) is 5.02 Å². The van der Waals surface area contributed by atoms with Crippen molar-refractivity contribution in [3.05, 3.63) is 53.1 Å². The molecule has 5 nitrogen and oxygen atoms in total. The van der Waals surface area contributed by atoms with E-state index in [2.05, 4.69) is 10.5 Å². The summed E-state index contributed by atoms with van der Waals surface area (Å²) in [6.07, 6.45) is 1.65. The fourth-order valence-electron chi connectivity index (χ4n) is 1.73. The average molecular weight is 316 g/mol. The molecule has 0 aromatic heterocycles. The number of halogens is 1. The Balaban J connectivity index is 2.06. The van der Waals surface area contributed by atoms with E-state index in [4.69, 9.17) is 26.3 Å². The van der Waals surface area contributed by atoms with Gasteiger partial charge in [0.15, 0.2) is 18.1 Å². The minimum absolute atomic E-state index is 0.0277. The maximum absolute atomic E-state index is 8.53. The predicted molar refractivity (Wildman–Crippen MR) is 86.8 cm³/mol. The molecule has 2 aromatic rings. The van der Waals surface area contributed by atoms with E-state index in [0.29, 0.717) is 16.5 Å². The zero-order valence-corrected chi connectivity index (χ0v) is 12.7. The van der Waals surface area contributed by atoms with Crippen LogP contribution in [0, 0.1) is 11.3 Å². The largest absolute Gasteiger partial charge is 0.493 e. The van der Waals surface area contributed by atoms with Gasteiger partial charge >= 0.3 is 0 Å². The standard InChI is InChI=1S/C16H14ClN3O2/c1-21-16-9-12(5-6-15(16)22-8-7-18)11-19-20-14-4-2-3-13(17)10-14/h2-6,9-11,20H,8H2,1H3/b19-11-. The normalized spacial score (nSPS) is 10.2. The number of ether oxygens (including phenoxy) is 2. The van der Waals surface area contributed by atoms with Crippen molar-refractivity contribution in [2.24, 2.45) is 5.10 Å². The Morgan fingerprint density at radius 2 is 2.14 bits per heavy atom. The van der Waals surface area contributed by atoms with Gasteiger partial charge in [-0.3, -0.25) is 5.43 Å². The Hall–Kier alpha value is -2.71. The van der Waals surface area contributed by atoms with Gasteiger partial charge < -0.3 is 9.47 Å². The third-order valence-corrected chi connectivity index (χ3v) is 2.95. The highest BCUT2D eigenvalue weighted by atomic mass is 35.5. The maximum Gasteiger partial charge on any atom is 0.174 e. The number of methoxy groups -OCH3 is 1. The molecule has 1 N–H and O–H groups in total. The van der Waals surface area contributed by atoms with Crippen molar-refractivity contribution in [2.75, 3.05) is 19.1 Å². The fourth-order valence-corrected chi connectivity index (χ4v) is 1.92. The lowest BCUT2D eigenvalue weighted by atomic mass is 10.2. The van der Waals surface area contributed by atoms with Crippen LogP contribution in [-0.2, 0) is 0 Å². The first kappa shape index (κ1) is 15.7. The average Bonchev–Trinajstić information content (AvgIpc) is 2.53. The lowest BCUT2D eigenvalue weighted by molar-refractivity contribution is 0.329. The van der Waals surface area contributed by atoms with Crippen LogP contribution >= 0.6 is 11.6 Å². The van der Waals surface area contributed by atoms with Crippen molar-refractivity contribution in [2.45, 2.75) is 0 Å². The molecule has 0 heterocycles. The van der Waals surface area contributed by atoms with Gasteiger partial charge in [-0.15, -0.1) is 0 Å². The van der Waals surface area contributed by atoms with Crippen molar-refractivity contribution in [1.82, 2.24) is 0 Å². The molecular weight excluding hydrogens is 302 g/mol. The summed E-state index contributed by atoms with van der Waals surface area (Å²) < 4.78 is 10.5. The molecule has 2 aromatic carbocycles. The molecule has 112 valence electrons. The molecule has 0 bridgehead atoms. The van der Waals surface area contributed by atoms with Gasteiger partial charge in [0.05, 0.1) is 19.0 Å². The van der Waals surface area contributed by atoms with Gasteiger partial charge in [-0.2, -0.15) is 10.4 Å². The van der Waals surface area contributed by atoms with Gasteiger partial charge in [-0.25, -0.2) is 0 Å². The summed E-state index contributed by atoms with van der Waals surface area (Å²) in [5.41, 5.74) is 4.52. The van der Waals surface area contributed by atoms with Gasteiger partial charge in [-0.05, 0) is 42.0 Å². The molecule has 0 saturated carbocycles. The van der Waals surface area contributed by atoms with Crippen LogP contribution in [0.1, 0.15) is 5.56 Å². The van der Waals surface area contributed by atoms with Crippen molar-refractivity contribution in [3.8, 4) is 17.6 Å². The first-order valence-corrected chi connectivity index (χ1v) is 6.83. The zero-order chi connectivity index (χ0) is 15.8. The molecule has 0 aliphatic carbocycles. The number of anilines is 1. The first-order chi connectivity index (χ1) is 10.7. The quantitative estimate of drug-likeness (QED) is 0.652. The van der Waals surface area contributed by atoms with Crippen LogP contribution in [0.3, 0.4) is 0 Å². The molecule has 0 aliphatic rings. The third kappa shape index (κ3) is 4.40. The number of hydrazone groups is 1. The van der Waals surface area contributed by atoms with Crippen LogP contribution in [0.25, 0.3) is 0 Å². The zero-order valence-electron chi connectivity index (χ0n) is 11.9. The van der Waals surface area contributed by atoms with E-state index >= 15 is 0 Å². The Morgan fingerprint density at radius 1 is 1.27 bits per heavy atom. The van der Waals surface area contributed by atoms with E-state index in [0.717, 1.165) is 11.3 Å². The molecule has 0 saturated heterocycles. The maximum atomic E-state index is 8.53. The van der Waals surface area contributed by atoms with Gasteiger partial charge in [0.1, 0.15) is 6.07 Å². The second kappa shape index (κ2) is 7.91.